The molecule has 1 unspecified atom stereocenters. The third-order valence-electron chi connectivity index (χ3n) is 3.47. The normalized spacial score (nSPS) is 29.4. The highest BCUT2D eigenvalue weighted by atomic mass is 19.3. The second-order valence-corrected chi connectivity index (χ2v) is 4.34. The van der Waals surface area contributed by atoms with Crippen molar-refractivity contribution in [2.24, 2.45) is 5.92 Å². The van der Waals surface area contributed by atoms with E-state index in [1.807, 2.05) is 0 Å². The van der Waals surface area contributed by atoms with Crippen LogP contribution in [0.15, 0.2) is 0 Å². The molecule has 0 radical (unpaired) electrons. The minimum Gasteiger partial charge on any atom is -0.263 e. The van der Waals surface area contributed by atoms with Gasteiger partial charge in [-0.3, -0.25) is 4.68 Å². The van der Waals surface area contributed by atoms with Crippen LogP contribution in [0.1, 0.15) is 42.6 Å². The average molecular weight is 234 g/mol. The number of rotatable bonds is 2. The molecule has 0 aromatic carbocycles. The van der Waals surface area contributed by atoms with Crippen molar-refractivity contribution in [3.63, 3.8) is 0 Å². The van der Waals surface area contributed by atoms with E-state index in [1.165, 1.54) is 0 Å². The van der Waals surface area contributed by atoms with Crippen LogP contribution in [0.5, 0.6) is 0 Å². The first-order chi connectivity index (χ1) is 7.48. The van der Waals surface area contributed by atoms with E-state index in [0.29, 0.717) is 6.42 Å². The Bertz CT molecular complexity index is 452. The summed E-state index contributed by atoms with van der Waals surface area (Å²) in [5, 5.41) is 3.61. The summed E-state index contributed by atoms with van der Waals surface area (Å²) in [5.74, 6) is -4.14. The smallest absolute Gasteiger partial charge is 0.263 e. The summed E-state index contributed by atoms with van der Waals surface area (Å²) in [6, 6.07) is 0. The highest BCUT2D eigenvalue weighted by molar-refractivity contribution is 5.46. The van der Waals surface area contributed by atoms with Gasteiger partial charge in [0.25, 0.3) is 12.3 Å². The molecule has 2 nitrogen and oxygen atoms in total. The van der Waals surface area contributed by atoms with E-state index in [2.05, 4.69) is 5.10 Å². The molecule has 0 spiro atoms. The lowest BCUT2D eigenvalue weighted by Crippen LogP contribution is -2.19. The van der Waals surface area contributed by atoms with Gasteiger partial charge in [0.15, 0.2) is 0 Å². The van der Waals surface area contributed by atoms with Gasteiger partial charge in [-0.1, -0.05) is 0 Å². The fraction of sp³-hybridized carbons (Fsp3) is 0.700. The average Bonchev–Trinajstić information content (AvgIpc) is 2.85. The van der Waals surface area contributed by atoms with Gasteiger partial charge >= 0.3 is 0 Å². The van der Waals surface area contributed by atoms with E-state index in [1.54, 1.807) is 6.92 Å². The highest BCUT2D eigenvalue weighted by Crippen LogP contribution is 2.68. The summed E-state index contributed by atoms with van der Waals surface area (Å²) >= 11 is 0. The largest absolute Gasteiger partial charge is 0.293 e. The Morgan fingerprint density at radius 3 is 2.75 bits per heavy atom. The van der Waals surface area contributed by atoms with Crippen LogP contribution in [-0.4, -0.2) is 9.78 Å². The Morgan fingerprint density at radius 2 is 2.19 bits per heavy atom. The quantitative estimate of drug-likeness (QED) is 0.719. The molecule has 1 heterocycles. The zero-order valence-corrected chi connectivity index (χ0v) is 8.55. The summed E-state index contributed by atoms with van der Waals surface area (Å²) < 4.78 is 54.0. The van der Waals surface area contributed by atoms with Gasteiger partial charge < -0.3 is 0 Å². The number of hydrogen-bond donors (Lipinski definition) is 0. The van der Waals surface area contributed by atoms with E-state index in [9.17, 15) is 17.6 Å². The summed E-state index contributed by atoms with van der Waals surface area (Å²) in [6.07, 6.45) is -2.45. The third kappa shape index (κ3) is 0.999. The molecule has 6 heteroatoms. The van der Waals surface area contributed by atoms with Crippen LogP contribution < -0.4 is 0 Å². The maximum absolute atomic E-state index is 13.8. The molecule has 0 amide bonds. The molecule has 88 valence electrons. The number of aromatic nitrogens is 2. The molecule has 1 aromatic heterocycles. The SMILES string of the molecule is CCn1nc(C(F)F)c2c1C(F)(F)[C@H]1CC21. The van der Waals surface area contributed by atoms with Crippen LogP contribution >= 0.6 is 0 Å². The number of fused-ring (bicyclic) bond motifs is 3. The molecule has 3 rings (SSSR count). The fourth-order valence-electron chi connectivity index (χ4n) is 2.69. The standard InChI is InChI=1S/C10H10F4N2/c1-2-16-8-6(7(15-16)9(11)12)4-3-5(4)10(8,13)14/h4-5,9H,2-3H2,1H3/t4?,5-/m0/s1. The Hall–Kier alpha value is -1.07. The van der Waals surface area contributed by atoms with Crippen molar-refractivity contribution >= 4 is 0 Å². The predicted molar refractivity (Wildman–Crippen MR) is 47.6 cm³/mol. The van der Waals surface area contributed by atoms with Crippen LogP contribution in [0.3, 0.4) is 0 Å². The first kappa shape index (κ1) is 10.1. The van der Waals surface area contributed by atoms with Gasteiger partial charge in [0.2, 0.25) is 0 Å². The number of aryl methyl sites for hydroxylation is 1. The molecule has 0 aliphatic heterocycles. The van der Waals surface area contributed by atoms with Gasteiger partial charge in [-0.2, -0.15) is 13.9 Å². The van der Waals surface area contributed by atoms with Gasteiger partial charge in [0.05, 0.1) is 0 Å². The lowest BCUT2D eigenvalue weighted by Gasteiger charge is -2.14. The molecular weight excluding hydrogens is 224 g/mol. The van der Waals surface area contributed by atoms with E-state index in [0.717, 1.165) is 4.68 Å². The monoisotopic (exact) mass is 234 g/mol. The molecule has 0 N–H and O–H groups in total. The van der Waals surface area contributed by atoms with Crippen molar-refractivity contribution in [1.29, 1.82) is 0 Å². The second kappa shape index (κ2) is 2.78. The maximum atomic E-state index is 13.8. The van der Waals surface area contributed by atoms with Crippen LogP contribution in [-0.2, 0) is 12.5 Å². The van der Waals surface area contributed by atoms with Crippen molar-refractivity contribution in [1.82, 2.24) is 9.78 Å². The van der Waals surface area contributed by atoms with Crippen LogP contribution in [0.2, 0.25) is 0 Å². The predicted octanol–water partition coefficient (Wildman–Crippen LogP) is 3.05. The zero-order chi connectivity index (χ0) is 11.7. The second-order valence-electron chi connectivity index (χ2n) is 4.34. The highest BCUT2D eigenvalue weighted by Gasteiger charge is 2.67. The molecule has 1 fully saturated rings. The molecule has 1 aromatic rings. The first-order valence-corrected chi connectivity index (χ1v) is 5.25. The molecule has 0 saturated heterocycles. The topological polar surface area (TPSA) is 17.8 Å². The van der Waals surface area contributed by atoms with Crippen molar-refractivity contribution in [2.75, 3.05) is 0 Å². The lowest BCUT2D eigenvalue weighted by atomic mass is 10.1. The minimum absolute atomic E-state index is 0.117. The molecule has 2 aliphatic rings. The summed E-state index contributed by atoms with van der Waals surface area (Å²) in [5.41, 5.74) is -0.597. The fourth-order valence-corrected chi connectivity index (χ4v) is 2.69. The van der Waals surface area contributed by atoms with Crippen molar-refractivity contribution in [2.45, 2.75) is 38.2 Å². The third-order valence-corrected chi connectivity index (χ3v) is 3.47. The van der Waals surface area contributed by atoms with Crippen molar-refractivity contribution < 1.29 is 17.6 Å². The number of halogens is 4. The number of nitrogens with zero attached hydrogens (tertiary/aromatic N) is 2. The Balaban J connectivity index is 2.22. The molecule has 2 atom stereocenters. The molecule has 2 aliphatic carbocycles. The summed E-state index contributed by atoms with van der Waals surface area (Å²) in [4.78, 5) is 0. The Morgan fingerprint density at radius 1 is 1.50 bits per heavy atom. The zero-order valence-electron chi connectivity index (χ0n) is 8.55. The van der Waals surface area contributed by atoms with Crippen molar-refractivity contribution in [3.05, 3.63) is 17.0 Å². The number of hydrogen-bond acceptors (Lipinski definition) is 1. The molecule has 0 bridgehead atoms. The van der Waals surface area contributed by atoms with E-state index < -0.39 is 29.9 Å². The van der Waals surface area contributed by atoms with E-state index in [4.69, 9.17) is 0 Å². The maximum Gasteiger partial charge on any atom is 0.293 e. The first-order valence-electron chi connectivity index (χ1n) is 5.25. The Kier molecular flexibility index (Phi) is 1.76. The van der Waals surface area contributed by atoms with Gasteiger partial charge in [-0.15, -0.1) is 0 Å². The van der Waals surface area contributed by atoms with Crippen molar-refractivity contribution in [3.8, 4) is 0 Å². The van der Waals surface area contributed by atoms with Gasteiger partial charge in [0, 0.05) is 18.0 Å². The van der Waals surface area contributed by atoms with Crippen LogP contribution in [0, 0.1) is 5.92 Å². The minimum atomic E-state index is -2.98. The number of alkyl halides is 4. The van der Waals surface area contributed by atoms with Gasteiger partial charge in [-0.25, -0.2) is 8.78 Å². The molecular formula is C10H10F4N2. The Labute approximate surface area is 89.2 Å². The lowest BCUT2D eigenvalue weighted by molar-refractivity contribution is -0.0309. The van der Waals surface area contributed by atoms with Crippen LogP contribution in [0.25, 0.3) is 0 Å². The molecule has 16 heavy (non-hydrogen) atoms. The van der Waals surface area contributed by atoms with Gasteiger partial charge in [-0.05, 0) is 19.3 Å². The van der Waals surface area contributed by atoms with E-state index >= 15 is 0 Å². The van der Waals surface area contributed by atoms with Gasteiger partial charge in [0.1, 0.15) is 11.4 Å². The summed E-state index contributed by atoms with van der Waals surface area (Å²) in [6.45, 7) is 1.83. The molecule has 1 saturated carbocycles. The van der Waals surface area contributed by atoms with Crippen LogP contribution in [0.4, 0.5) is 17.6 Å². The van der Waals surface area contributed by atoms with E-state index in [-0.39, 0.29) is 17.8 Å². The summed E-state index contributed by atoms with van der Waals surface area (Å²) in [7, 11) is 0.